The third kappa shape index (κ3) is 3.17. The average molecular weight is 317 g/mol. The number of amides is 1. The van der Waals surface area contributed by atoms with E-state index in [-0.39, 0.29) is 5.92 Å². The number of hydrogen-bond acceptors (Lipinski definition) is 6. The van der Waals surface area contributed by atoms with Crippen molar-refractivity contribution in [2.24, 2.45) is 5.92 Å². The number of anilines is 1. The highest BCUT2D eigenvalue weighted by atomic mass is 32.2. The molecule has 0 bridgehead atoms. The van der Waals surface area contributed by atoms with E-state index in [1.807, 2.05) is 11.2 Å². The van der Waals surface area contributed by atoms with Crippen LogP contribution in [-0.4, -0.2) is 53.2 Å². The van der Waals surface area contributed by atoms with E-state index in [9.17, 15) is 10.1 Å². The first-order valence-electron chi connectivity index (χ1n) is 7.58. The second-order valence-corrected chi connectivity index (χ2v) is 6.42. The van der Waals surface area contributed by atoms with E-state index in [2.05, 4.69) is 20.9 Å². The van der Waals surface area contributed by atoms with Crippen molar-refractivity contribution in [2.75, 3.05) is 37.3 Å². The second-order valence-electron chi connectivity index (χ2n) is 5.65. The van der Waals surface area contributed by atoms with Gasteiger partial charge in [0, 0.05) is 32.1 Å². The Morgan fingerprint density at radius 3 is 2.86 bits per heavy atom. The Balaban J connectivity index is 1.75. The molecule has 1 aliphatic carbocycles. The van der Waals surface area contributed by atoms with Gasteiger partial charge in [0.05, 0.1) is 6.20 Å². The summed E-state index contributed by atoms with van der Waals surface area (Å²) in [4.78, 5) is 24.9. The maximum Gasteiger partial charge on any atom is 0.225 e. The lowest BCUT2D eigenvalue weighted by Crippen LogP contribution is -2.36. The average Bonchev–Trinajstić information content (AvgIpc) is 3.39. The van der Waals surface area contributed by atoms with Crippen LogP contribution in [0.5, 0.6) is 0 Å². The first-order valence-corrected chi connectivity index (χ1v) is 8.80. The molecule has 22 heavy (non-hydrogen) atoms. The number of carbonyl (C=O) groups excluding carboxylic acids is 1. The van der Waals surface area contributed by atoms with E-state index in [1.165, 1.54) is 11.8 Å². The van der Waals surface area contributed by atoms with Crippen molar-refractivity contribution in [1.82, 2.24) is 14.9 Å². The highest BCUT2D eigenvalue weighted by Gasteiger charge is 2.34. The number of nitrogens with zero attached hydrogens (tertiary/aromatic N) is 5. The molecule has 1 aromatic rings. The lowest BCUT2D eigenvalue weighted by atomic mass is 10.3. The molecule has 0 aromatic carbocycles. The van der Waals surface area contributed by atoms with E-state index in [0.717, 1.165) is 38.9 Å². The Labute approximate surface area is 134 Å². The fraction of sp³-hybridized carbons (Fsp3) is 0.600. The smallest absolute Gasteiger partial charge is 0.225 e. The minimum absolute atomic E-state index is 0.267. The maximum atomic E-state index is 12.2. The van der Waals surface area contributed by atoms with Gasteiger partial charge in [-0.2, -0.15) is 5.26 Å². The molecule has 2 heterocycles. The standard InChI is InChI=1S/C15H19N5OS/c1-22-15-17-10-12(9-16)13(18-15)19-5-2-6-20(8-7-19)14(21)11-3-4-11/h10-11H,2-8H2,1H3. The van der Waals surface area contributed by atoms with Gasteiger partial charge in [0.15, 0.2) is 11.0 Å². The van der Waals surface area contributed by atoms with Crippen molar-refractivity contribution in [1.29, 1.82) is 5.26 Å². The second kappa shape index (κ2) is 6.53. The largest absolute Gasteiger partial charge is 0.354 e. The van der Waals surface area contributed by atoms with Crippen molar-refractivity contribution in [3.63, 3.8) is 0 Å². The molecule has 1 saturated heterocycles. The monoisotopic (exact) mass is 317 g/mol. The molecule has 1 saturated carbocycles. The topological polar surface area (TPSA) is 73.1 Å². The number of thioether (sulfide) groups is 1. The summed E-state index contributed by atoms with van der Waals surface area (Å²) in [6, 6.07) is 2.17. The van der Waals surface area contributed by atoms with Crippen molar-refractivity contribution < 1.29 is 4.79 Å². The minimum Gasteiger partial charge on any atom is -0.354 e. The minimum atomic E-state index is 0.267. The van der Waals surface area contributed by atoms with Crippen LogP contribution in [0.1, 0.15) is 24.8 Å². The number of nitriles is 1. The fourth-order valence-electron chi connectivity index (χ4n) is 2.71. The molecule has 0 unspecified atom stereocenters. The third-order valence-electron chi connectivity index (χ3n) is 4.08. The van der Waals surface area contributed by atoms with Crippen LogP contribution < -0.4 is 4.90 Å². The van der Waals surface area contributed by atoms with Gasteiger partial charge in [0.25, 0.3) is 0 Å². The van der Waals surface area contributed by atoms with Gasteiger partial charge in [0.1, 0.15) is 11.6 Å². The first-order chi connectivity index (χ1) is 10.7. The highest BCUT2D eigenvalue weighted by molar-refractivity contribution is 7.98. The molecule has 6 nitrogen and oxygen atoms in total. The SMILES string of the molecule is CSc1ncc(C#N)c(N2CCCN(C(=O)C3CC3)CC2)n1. The van der Waals surface area contributed by atoms with Crippen molar-refractivity contribution in [3.8, 4) is 6.07 Å². The molecule has 3 rings (SSSR count). The van der Waals surface area contributed by atoms with E-state index in [4.69, 9.17) is 0 Å². The lowest BCUT2D eigenvalue weighted by molar-refractivity contribution is -0.132. The molecule has 0 N–H and O–H groups in total. The van der Waals surface area contributed by atoms with Gasteiger partial charge in [-0.05, 0) is 25.5 Å². The van der Waals surface area contributed by atoms with Crippen LogP contribution in [0.2, 0.25) is 0 Å². The summed E-state index contributed by atoms with van der Waals surface area (Å²) < 4.78 is 0. The molecule has 1 aliphatic heterocycles. The molecule has 7 heteroatoms. The normalized spacial score (nSPS) is 18.7. The molecular formula is C15H19N5OS. The quantitative estimate of drug-likeness (QED) is 0.621. The molecule has 116 valence electrons. The van der Waals surface area contributed by atoms with Gasteiger partial charge < -0.3 is 9.80 Å². The summed E-state index contributed by atoms with van der Waals surface area (Å²) in [5, 5.41) is 9.95. The molecule has 2 fully saturated rings. The number of carbonyl (C=O) groups is 1. The molecule has 1 amide bonds. The van der Waals surface area contributed by atoms with Crippen LogP contribution in [0.4, 0.5) is 5.82 Å². The number of rotatable bonds is 3. The summed E-state index contributed by atoms with van der Waals surface area (Å²) in [6.45, 7) is 3.04. The molecule has 0 radical (unpaired) electrons. The summed E-state index contributed by atoms with van der Waals surface area (Å²) in [5.74, 6) is 1.26. The van der Waals surface area contributed by atoms with Crippen LogP contribution in [0.3, 0.4) is 0 Å². The Morgan fingerprint density at radius 2 is 2.18 bits per heavy atom. The van der Waals surface area contributed by atoms with Gasteiger partial charge in [-0.1, -0.05) is 11.8 Å². The Hall–Kier alpha value is -1.81. The van der Waals surface area contributed by atoms with Gasteiger partial charge in [-0.3, -0.25) is 4.79 Å². The summed E-state index contributed by atoms with van der Waals surface area (Å²) in [7, 11) is 0. The molecule has 1 aromatic heterocycles. The lowest BCUT2D eigenvalue weighted by Gasteiger charge is -2.23. The zero-order valence-corrected chi connectivity index (χ0v) is 13.5. The zero-order chi connectivity index (χ0) is 15.5. The van der Waals surface area contributed by atoms with Gasteiger partial charge in [0.2, 0.25) is 5.91 Å². The Kier molecular flexibility index (Phi) is 4.48. The van der Waals surface area contributed by atoms with E-state index < -0.39 is 0 Å². The van der Waals surface area contributed by atoms with Crippen molar-refractivity contribution in [3.05, 3.63) is 11.8 Å². The van der Waals surface area contributed by atoms with Crippen LogP contribution in [0.15, 0.2) is 11.4 Å². The first kappa shape index (κ1) is 15.1. The van der Waals surface area contributed by atoms with E-state index in [1.54, 1.807) is 6.20 Å². The van der Waals surface area contributed by atoms with Gasteiger partial charge in [-0.25, -0.2) is 9.97 Å². The zero-order valence-electron chi connectivity index (χ0n) is 12.7. The Bertz CT molecular complexity index is 610. The molecule has 0 atom stereocenters. The number of hydrogen-bond donors (Lipinski definition) is 0. The van der Waals surface area contributed by atoms with Crippen LogP contribution in [0, 0.1) is 17.2 Å². The van der Waals surface area contributed by atoms with Gasteiger partial charge >= 0.3 is 0 Å². The highest BCUT2D eigenvalue weighted by Crippen LogP contribution is 2.31. The Morgan fingerprint density at radius 1 is 1.36 bits per heavy atom. The summed E-state index contributed by atoms with van der Waals surface area (Å²) in [6.07, 6.45) is 6.50. The van der Waals surface area contributed by atoms with Crippen LogP contribution in [0.25, 0.3) is 0 Å². The third-order valence-corrected chi connectivity index (χ3v) is 4.65. The number of aromatic nitrogens is 2. The van der Waals surface area contributed by atoms with Crippen LogP contribution in [-0.2, 0) is 4.79 Å². The van der Waals surface area contributed by atoms with Crippen LogP contribution >= 0.6 is 11.8 Å². The fourth-order valence-corrected chi connectivity index (χ4v) is 3.05. The maximum absolute atomic E-state index is 12.2. The summed E-state index contributed by atoms with van der Waals surface area (Å²) >= 11 is 1.47. The van der Waals surface area contributed by atoms with E-state index in [0.29, 0.717) is 29.0 Å². The summed E-state index contributed by atoms with van der Waals surface area (Å²) in [5.41, 5.74) is 0.500. The van der Waals surface area contributed by atoms with E-state index >= 15 is 0 Å². The van der Waals surface area contributed by atoms with Gasteiger partial charge in [-0.15, -0.1) is 0 Å². The predicted octanol–water partition coefficient (Wildman–Crippen LogP) is 1.52. The molecular weight excluding hydrogens is 298 g/mol. The molecule has 2 aliphatic rings. The molecule has 0 spiro atoms. The van der Waals surface area contributed by atoms with Crippen molar-refractivity contribution >= 4 is 23.5 Å². The predicted molar refractivity (Wildman–Crippen MR) is 84.7 cm³/mol. The van der Waals surface area contributed by atoms with Crippen molar-refractivity contribution in [2.45, 2.75) is 24.4 Å².